The maximum atomic E-state index is 12.2. The van der Waals surface area contributed by atoms with Gasteiger partial charge in [0.15, 0.2) is 0 Å². The zero-order chi connectivity index (χ0) is 14.9. The van der Waals surface area contributed by atoms with Gasteiger partial charge in [-0.25, -0.2) is 0 Å². The van der Waals surface area contributed by atoms with Crippen LogP contribution >= 0.6 is 50.7 Å². The maximum absolute atomic E-state index is 12.2. The summed E-state index contributed by atoms with van der Waals surface area (Å²) < 4.78 is 0.786. The van der Waals surface area contributed by atoms with Crippen LogP contribution in [0.25, 0.3) is 0 Å². The van der Waals surface area contributed by atoms with Crippen molar-refractivity contribution in [2.45, 2.75) is 0 Å². The van der Waals surface area contributed by atoms with Gasteiger partial charge in [0.1, 0.15) is 0 Å². The fourth-order valence-corrected chi connectivity index (χ4v) is 2.87. The van der Waals surface area contributed by atoms with E-state index in [1.54, 1.807) is 18.2 Å². The Labute approximate surface area is 139 Å². The van der Waals surface area contributed by atoms with Gasteiger partial charge in [-0.3, -0.25) is 4.79 Å². The zero-order valence-electron chi connectivity index (χ0n) is 9.88. The van der Waals surface area contributed by atoms with Gasteiger partial charge in [-0.05, 0) is 30.3 Å². The Bertz CT molecular complexity index is 668. The number of nitrogens with one attached hydrogen (secondary N) is 1. The van der Waals surface area contributed by atoms with Crippen LogP contribution in [0.3, 0.4) is 0 Å². The highest BCUT2D eigenvalue weighted by atomic mass is 79.9. The third-order valence-electron chi connectivity index (χ3n) is 2.50. The molecule has 3 N–H and O–H groups in total. The van der Waals surface area contributed by atoms with E-state index >= 15 is 0 Å². The molecular weight excluding hydrogens is 386 g/mol. The number of rotatable bonds is 2. The van der Waals surface area contributed by atoms with Gasteiger partial charge >= 0.3 is 0 Å². The van der Waals surface area contributed by atoms with Gasteiger partial charge in [0.2, 0.25) is 0 Å². The van der Waals surface area contributed by atoms with Crippen LogP contribution in [0, 0.1) is 0 Å². The van der Waals surface area contributed by atoms with Crippen LogP contribution in [0.1, 0.15) is 10.4 Å². The molecule has 104 valence electrons. The molecule has 2 rings (SSSR count). The molecule has 0 aliphatic heterocycles. The average Bonchev–Trinajstić information content (AvgIpc) is 2.33. The summed E-state index contributed by atoms with van der Waals surface area (Å²) >= 11 is 21.1. The summed E-state index contributed by atoms with van der Waals surface area (Å²) in [4.78, 5) is 12.2. The first-order valence-electron chi connectivity index (χ1n) is 5.39. The predicted molar refractivity (Wildman–Crippen MR) is 88.0 cm³/mol. The van der Waals surface area contributed by atoms with Gasteiger partial charge in [-0.15, -0.1) is 0 Å². The minimum atomic E-state index is -0.402. The maximum Gasteiger partial charge on any atom is 0.257 e. The van der Waals surface area contributed by atoms with E-state index in [0.29, 0.717) is 22.0 Å². The second-order valence-electron chi connectivity index (χ2n) is 3.93. The monoisotopic (exact) mass is 392 g/mol. The summed E-state index contributed by atoms with van der Waals surface area (Å²) in [6, 6.07) is 7.95. The Hall–Kier alpha value is -0.940. The molecule has 20 heavy (non-hydrogen) atoms. The van der Waals surface area contributed by atoms with Crippen LogP contribution in [0.4, 0.5) is 11.4 Å². The van der Waals surface area contributed by atoms with E-state index in [0.717, 1.165) is 4.47 Å². The van der Waals surface area contributed by atoms with E-state index in [9.17, 15) is 4.79 Å². The number of anilines is 2. The fourth-order valence-electron chi connectivity index (χ4n) is 1.58. The molecule has 7 heteroatoms. The molecule has 0 saturated heterocycles. The van der Waals surface area contributed by atoms with Gasteiger partial charge in [-0.1, -0.05) is 50.7 Å². The lowest BCUT2D eigenvalue weighted by Crippen LogP contribution is -2.14. The Balaban J connectivity index is 2.33. The average molecular weight is 394 g/mol. The van der Waals surface area contributed by atoms with Crippen molar-refractivity contribution in [1.82, 2.24) is 0 Å². The molecule has 0 heterocycles. The largest absolute Gasteiger partial charge is 0.398 e. The summed E-state index contributed by atoms with van der Waals surface area (Å²) in [5.41, 5.74) is 6.77. The molecule has 0 atom stereocenters. The van der Waals surface area contributed by atoms with Crippen LogP contribution in [0.2, 0.25) is 15.1 Å². The standard InChI is InChI=1S/C13H8BrCl3N2O/c14-6-1-2-8(11(18)3-6)13(20)19-12-9(16)4-7(15)5-10(12)17/h1-5H,18H2,(H,19,20). The first kappa shape index (κ1) is 15.4. The van der Waals surface area contributed by atoms with Crippen LogP contribution in [-0.2, 0) is 0 Å². The van der Waals surface area contributed by atoms with E-state index in [-0.39, 0.29) is 10.0 Å². The van der Waals surface area contributed by atoms with Crippen molar-refractivity contribution in [3.8, 4) is 0 Å². The third kappa shape index (κ3) is 3.38. The second kappa shape index (κ2) is 6.22. The number of hydrogen-bond donors (Lipinski definition) is 2. The highest BCUT2D eigenvalue weighted by Gasteiger charge is 2.14. The molecule has 0 aliphatic rings. The van der Waals surface area contributed by atoms with E-state index in [1.165, 1.54) is 12.1 Å². The molecule has 0 aromatic heterocycles. The molecule has 1 amide bonds. The molecule has 0 bridgehead atoms. The second-order valence-corrected chi connectivity index (χ2v) is 6.10. The number of halogens is 4. The van der Waals surface area contributed by atoms with Crippen molar-refractivity contribution >= 4 is 68.0 Å². The van der Waals surface area contributed by atoms with Gasteiger partial charge in [0.25, 0.3) is 5.91 Å². The van der Waals surface area contributed by atoms with Gasteiger partial charge < -0.3 is 11.1 Å². The van der Waals surface area contributed by atoms with Crippen molar-refractivity contribution in [1.29, 1.82) is 0 Å². The van der Waals surface area contributed by atoms with Gasteiger partial charge in [0.05, 0.1) is 21.3 Å². The summed E-state index contributed by atoms with van der Waals surface area (Å²) in [5, 5.41) is 3.53. The topological polar surface area (TPSA) is 55.1 Å². The molecule has 3 nitrogen and oxygen atoms in total. The minimum Gasteiger partial charge on any atom is -0.398 e. The Morgan fingerprint density at radius 3 is 2.25 bits per heavy atom. The van der Waals surface area contributed by atoms with Crippen molar-refractivity contribution < 1.29 is 4.79 Å². The fraction of sp³-hybridized carbons (Fsp3) is 0. The first-order chi connectivity index (χ1) is 9.38. The summed E-state index contributed by atoms with van der Waals surface area (Å²) in [5.74, 6) is -0.402. The zero-order valence-corrected chi connectivity index (χ0v) is 13.7. The summed E-state index contributed by atoms with van der Waals surface area (Å²) in [7, 11) is 0. The molecule has 0 fully saturated rings. The number of benzene rings is 2. The molecule has 0 radical (unpaired) electrons. The molecule has 0 spiro atoms. The number of nitrogens with two attached hydrogens (primary N) is 1. The third-order valence-corrected chi connectivity index (χ3v) is 3.81. The minimum absolute atomic E-state index is 0.256. The molecule has 0 unspecified atom stereocenters. The van der Waals surface area contributed by atoms with Crippen LogP contribution < -0.4 is 11.1 Å². The number of nitrogen functional groups attached to an aromatic ring is 1. The molecule has 2 aromatic rings. The lowest BCUT2D eigenvalue weighted by Gasteiger charge is -2.11. The van der Waals surface area contributed by atoms with E-state index in [1.807, 2.05) is 0 Å². The van der Waals surface area contributed by atoms with E-state index < -0.39 is 5.91 Å². The van der Waals surface area contributed by atoms with Crippen molar-refractivity contribution in [2.24, 2.45) is 0 Å². The van der Waals surface area contributed by atoms with Crippen molar-refractivity contribution in [3.05, 3.63) is 55.4 Å². The Morgan fingerprint density at radius 1 is 1.10 bits per heavy atom. The summed E-state index contributed by atoms with van der Waals surface area (Å²) in [6.07, 6.45) is 0. The molecule has 2 aromatic carbocycles. The first-order valence-corrected chi connectivity index (χ1v) is 7.32. The van der Waals surface area contributed by atoms with Gasteiger partial charge in [-0.2, -0.15) is 0 Å². The van der Waals surface area contributed by atoms with Gasteiger partial charge in [0, 0.05) is 15.2 Å². The number of amides is 1. The van der Waals surface area contributed by atoms with Crippen molar-refractivity contribution in [2.75, 3.05) is 11.1 Å². The van der Waals surface area contributed by atoms with Crippen LogP contribution in [0.15, 0.2) is 34.8 Å². The van der Waals surface area contributed by atoms with Crippen LogP contribution in [0.5, 0.6) is 0 Å². The SMILES string of the molecule is Nc1cc(Br)ccc1C(=O)Nc1c(Cl)cc(Cl)cc1Cl. The summed E-state index contributed by atoms with van der Waals surface area (Å²) in [6.45, 7) is 0. The quantitative estimate of drug-likeness (QED) is 0.684. The molecular formula is C13H8BrCl3N2O. The Kier molecular flexibility index (Phi) is 4.81. The molecule has 0 saturated carbocycles. The van der Waals surface area contributed by atoms with E-state index in [2.05, 4.69) is 21.2 Å². The highest BCUT2D eigenvalue weighted by molar-refractivity contribution is 9.10. The van der Waals surface area contributed by atoms with Crippen molar-refractivity contribution in [3.63, 3.8) is 0 Å². The highest BCUT2D eigenvalue weighted by Crippen LogP contribution is 2.34. The predicted octanol–water partition coefficient (Wildman–Crippen LogP) is 5.24. The number of hydrogen-bond acceptors (Lipinski definition) is 2. The lowest BCUT2D eigenvalue weighted by molar-refractivity contribution is 0.102. The normalized spacial score (nSPS) is 10.4. The van der Waals surface area contributed by atoms with E-state index in [4.69, 9.17) is 40.5 Å². The molecule has 0 aliphatic carbocycles. The number of carbonyl (C=O) groups excluding carboxylic acids is 1. The Morgan fingerprint density at radius 2 is 1.70 bits per heavy atom. The lowest BCUT2D eigenvalue weighted by atomic mass is 10.1. The number of carbonyl (C=O) groups is 1. The van der Waals surface area contributed by atoms with Crippen LogP contribution in [-0.4, -0.2) is 5.91 Å². The smallest absolute Gasteiger partial charge is 0.257 e.